The van der Waals surface area contributed by atoms with Crippen LogP contribution in [-0.4, -0.2) is 49.5 Å². The summed E-state index contributed by atoms with van der Waals surface area (Å²) in [5, 5.41) is -0.171. The van der Waals surface area contributed by atoms with Gasteiger partial charge in [-0.15, -0.1) is 0 Å². The maximum absolute atomic E-state index is 13.3. The molecule has 4 heterocycles. The second-order valence-corrected chi connectivity index (χ2v) is 12.8. The summed E-state index contributed by atoms with van der Waals surface area (Å²) >= 11 is 0. The Kier molecular flexibility index (Phi) is 7.13. The van der Waals surface area contributed by atoms with Crippen LogP contribution in [0, 0.1) is 11.8 Å². The molecular weight excluding hydrogens is 498 g/mol. The third-order valence-electron chi connectivity index (χ3n) is 7.55. The summed E-state index contributed by atoms with van der Waals surface area (Å²) in [6, 6.07) is 18.6. The quantitative estimate of drug-likeness (QED) is 0.484. The zero-order chi connectivity index (χ0) is 26.9. The Morgan fingerprint density at radius 1 is 1.05 bits per heavy atom. The lowest BCUT2D eigenvalue weighted by molar-refractivity contribution is 0.0981. The fourth-order valence-corrected chi connectivity index (χ4v) is 6.79. The van der Waals surface area contributed by atoms with Gasteiger partial charge in [0.2, 0.25) is 0 Å². The number of anilines is 2. The number of carbonyl (C=O) groups is 1. The van der Waals surface area contributed by atoms with Crippen molar-refractivity contribution in [3.8, 4) is 0 Å². The zero-order valence-corrected chi connectivity index (χ0v) is 23.0. The van der Waals surface area contributed by atoms with E-state index in [1.54, 1.807) is 24.4 Å². The highest BCUT2D eigenvalue weighted by Gasteiger charge is 2.39. The Morgan fingerprint density at radius 2 is 1.84 bits per heavy atom. The Balaban J connectivity index is 1.31. The summed E-state index contributed by atoms with van der Waals surface area (Å²) in [6.07, 6.45) is 4.58. The van der Waals surface area contributed by atoms with Crippen molar-refractivity contribution >= 4 is 27.6 Å². The van der Waals surface area contributed by atoms with Gasteiger partial charge in [0.15, 0.2) is 5.03 Å². The lowest BCUT2D eigenvalue weighted by Crippen LogP contribution is -2.41. The standard InChI is InChI=1S/C29H35N5O3S/c1-21-18-29(2,3)34(19-21)27-24(11-8-15-30-27)28(35)32-38(36,37)26-13-7-12-25(31-26)33-16-14-23(20-33)17-22-9-5-4-6-10-22/h4-13,15,21,23H,14,16-20H2,1-3H3,(H,32,35). The summed E-state index contributed by atoms with van der Waals surface area (Å²) in [6.45, 7) is 8.76. The summed E-state index contributed by atoms with van der Waals surface area (Å²) in [5.74, 6) is 1.31. The molecule has 8 nitrogen and oxygen atoms in total. The van der Waals surface area contributed by atoms with Gasteiger partial charge in [-0.3, -0.25) is 4.79 Å². The molecule has 0 saturated carbocycles. The Bertz CT molecular complexity index is 1410. The number of carbonyl (C=O) groups excluding carboxylic acids is 1. The van der Waals surface area contributed by atoms with E-state index in [1.807, 2.05) is 24.3 Å². The van der Waals surface area contributed by atoms with Crippen molar-refractivity contribution in [1.82, 2.24) is 14.7 Å². The molecule has 3 aromatic rings. The molecule has 2 saturated heterocycles. The first-order chi connectivity index (χ1) is 18.1. The van der Waals surface area contributed by atoms with E-state index >= 15 is 0 Å². The Morgan fingerprint density at radius 3 is 2.58 bits per heavy atom. The van der Waals surface area contributed by atoms with Crippen LogP contribution in [0.15, 0.2) is 71.9 Å². The second kappa shape index (κ2) is 10.4. The molecule has 9 heteroatoms. The largest absolute Gasteiger partial charge is 0.356 e. The van der Waals surface area contributed by atoms with E-state index in [4.69, 9.17) is 0 Å². The number of aromatic nitrogens is 2. The van der Waals surface area contributed by atoms with Gasteiger partial charge in [0.25, 0.3) is 15.9 Å². The molecule has 2 aliphatic heterocycles. The lowest BCUT2D eigenvalue weighted by atomic mass is 9.97. The van der Waals surface area contributed by atoms with Crippen LogP contribution in [0.5, 0.6) is 0 Å². The van der Waals surface area contributed by atoms with Crippen LogP contribution in [0.1, 0.15) is 49.5 Å². The first-order valence-electron chi connectivity index (χ1n) is 13.2. The highest BCUT2D eigenvalue weighted by atomic mass is 32.2. The summed E-state index contributed by atoms with van der Waals surface area (Å²) < 4.78 is 28.7. The van der Waals surface area contributed by atoms with E-state index in [1.165, 1.54) is 11.6 Å². The van der Waals surface area contributed by atoms with Crippen molar-refractivity contribution in [3.05, 3.63) is 78.0 Å². The molecule has 0 bridgehead atoms. The minimum absolute atomic E-state index is 0.171. The van der Waals surface area contributed by atoms with E-state index in [0.717, 1.165) is 38.9 Å². The Hall–Kier alpha value is -3.46. The van der Waals surface area contributed by atoms with Crippen molar-refractivity contribution in [3.63, 3.8) is 0 Å². The molecule has 2 aromatic heterocycles. The fraction of sp³-hybridized carbons (Fsp3) is 0.414. The lowest BCUT2D eigenvalue weighted by Gasteiger charge is -2.33. The van der Waals surface area contributed by atoms with Gasteiger partial charge in [0.1, 0.15) is 11.6 Å². The van der Waals surface area contributed by atoms with Crippen molar-refractivity contribution in [2.75, 3.05) is 29.4 Å². The van der Waals surface area contributed by atoms with E-state index < -0.39 is 15.9 Å². The molecule has 1 amide bonds. The van der Waals surface area contributed by atoms with Crippen LogP contribution < -0.4 is 14.5 Å². The smallest absolute Gasteiger partial charge is 0.281 e. The van der Waals surface area contributed by atoms with Crippen LogP contribution in [0.3, 0.4) is 0 Å². The van der Waals surface area contributed by atoms with Gasteiger partial charge in [0.05, 0.1) is 5.56 Å². The molecule has 0 spiro atoms. The maximum Gasteiger partial charge on any atom is 0.281 e. The van der Waals surface area contributed by atoms with Gasteiger partial charge in [-0.05, 0) is 74.8 Å². The first-order valence-corrected chi connectivity index (χ1v) is 14.7. The van der Waals surface area contributed by atoms with Gasteiger partial charge >= 0.3 is 0 Å². The molecule has 2 atom stereocenters. The third kappa shape index (κ3) is 5.53. The second-order valence-electron chi connectivity index (χ2n) is 11.2. The predicted molar refractivity (Wildman–Crippen MR) is 149 cm³/mol. The SMILES string of the molecule is CC1CN(c2ncccc2C(=O)NS(=O)(=O)c2cccc(N3CCC(Cc4ccccc4)C3)n2)C(C)(C)C1. The summed E-state index contributed by atoms with van der Waals surface area (Å²) in [7, 11) is -4.19. The number of benzene rings is 1. The molecular formula is C29H35N5O3S. The van der Waals surface area contributed by atoms with E-state index in [9.17, 15) is 13.2 Å². The van der Waals surface area contributed by atoms with Gasteiger partial charge in [-0.25, -0.2) is 14.7 Å². The molecule has 2 unspecified atom stereocenters. The highest BCUT2D eigenvalue weighted by Crippen LogP contribution is 2.37. The van der Waals surface area contributed by atoms with Gasteiger partial charge < -0.3 is 9.80 Å². The van der Waals surface area contributed by atoms with Crippen LogP contribution in [0.25, 0.3) is 0 Å². The maximum atomic E-state index is 13.3. The van der Waals surface area contributed by atoms with Gasteiger partial charge in [-0.1, -0.05) is 43.3 Å². The minimum atomic E-state index is -4.19. The van der Waals surface area contributed by atoms with Crippen molar-refractivity contribution in [1.29, 1.82) is 0 Å². The van der Waals surface area contributed by atoms with Crippen molar-refractivity contribution in [2.24, 2.45) is 11.8 Å². The zero-order valence-electron chi connectivity index (χ0n) is 22.2. The average Bonchev–Trinajstić information content (AvgIpc) is 3.47. The normalized spacial score (nSPS) is 21.0. The first kappa shape index (κ1) is 26.2. The van der Waals surface area contributed by atoms with Crippen molar-refractivity contribution in [2.45, 2.75) is 50.6 Å². The predicted octanol–water partition coefficient (Wildman–Crippen LogP) is 4.29. The number of pyridine rings is 2. The molecule has 0 aliphatic carbocycles. The number of hydrogen-bond acceptors (Lipinski definition) is 7. The van der Waals surface area contributed by atoms with Crippen LogP contribution >= 0.6 is 0 Å². The number of rotatable bonds is 7. The van der Waals surface area contributed by atoms with Crippen molar-refractivity contribution < 1.29 is 13.2 Å². The number of nitrogens with one attached hydrogen (secondary N) is 1. The number of sulfonamides is 1. The van der Waals surface area contributed by atoms with Gasteiger partial charge in [-0.2, -0.15) is 8.42 Å². The minimum Gasteiger partial charge on any atom is -0.356 e. The molecule has 38 heavy (non-hydrogen) atoms. The molecule has 1 N–H and O–H groups in total. The molecule has 5 rings (SSSR count). The number of amides is 1. The molecule has 0 radical (unpaired) electrons. The monoisotopic (exact) mass is 533 g/mol. The summed E-state index contributed by atoms with van der Waals surface area (Å²) in [4.78, 5) is 26.4. The molecule has 2 aliphatic rings. The van der Waals surface area contributed by atoms with Gasteiger partial charge in [0, 0.05) is 31.4 Å². The van der Waals surface area contributed by atoms with Crippen LogP contribution in [0.2, 0.25) is 0 Å². The van der Waals surface area contributed by atoms with Crippen LogP contribution in [0.4, 0.5) is 11.6 Å². The fourth-order valence-electron chi connectivity index (χ4n) is 5.86. The number of nitrogens with zero attached hydrogens (tertiary/aromatic N) is 4. The Labute approximate surface area is 225 Å². The molecule has 2 fully saturated rings. The van der Waals surface area contributed by atoms with Crippen LogP contribution in [-0.2, 0) is 16.4 Å². The third-order valence-corrected chi connectivity index (χ3v) is 8.78. The summed E-state index contributed by atoms with van der Waals surface area (Å²) in [5.41, 5.74) is 1.34. The topological polar surface area (TPSA) is 95.5 Å². The highest BCUT2D eigenvalue weighted by molar-refractivity contribution is 7.90. The average molecular weight is 534 g/mol. The molecule has 200 valence electrons. The van der Waals surface area contributed by atoms with E-state index in [-0.39, 0.29) is 16.1 Å². The number of hydrogen-bond donors (Lipinski definition) is 1. The van der Waals surface area contributed by atoms with E-state index in [2.05, 4.69) is 57.4 Å². The molecule has 1 aromatic carbocycles. The van der Waals surface area contributed by atoms with E-state index in [0.29, 0.717) is 23.5 Å².